The number of aryl methyl sites for hydroxylation is 2. The number of aromatic nitrogens is 2. The largest absolute Gasteiger partial charge is 0.493 e. The molecule has 1 aliphatic carbocycles. The molecule has 2 aromatic rings. The lowest BCUT2D eigenvalue weighted by Crippen LogP contribution is -2.48. The van der Waals surface area contributed by atoms with E-state index in [1.807, 2.05) is 18.7 Å². The van der Waals surface area contributed by atoms with Crippen LogP contribution in [0.15, 0.2) is 24.3 Å². The maximum Gasteiger partial charge on any atom is 0.272 e. The van der Waals surface area contributed by atoms with Crippen LogP contribution < -0.4 is 4.74 Å². The van der Waals surface area contributed by atoms with Gasteiger partial charge >= 0.3 is 0 Å². The molecule has 6 heteroatoms. The van der Waals surface area contributed by atoms with E-state index in [1.54, 1.807) is 6.07 Å². The van der Waals surface area contributed by atoms with Crippen molar-refractivity contribution in [1.29, 1.82) is 0 Å². The third-order valence-corrected chi connectivity index (χ3v) is 7.07. The summed E-state index contributed by atoms with van der Waals surface area (Å²) in [4.78, 5) is 23.5. The topological polar surface area (TPSA) is 64.6 Å². The van der Waals surface area contributed by atoms with Crippen molar-refractivity contribution in [2.75, 3.05) is 26.3 Å². The van der Waals surface area contributed by atoms with Crippen LogP contribution in [0.4, 0.5) is 0 Å². The Kier molecular flexibility index (Phi) is 5.42. The van der Waals surface area contributed by atoms with Crippen LogP contribution in [-0.4, -0.2) is 47.1 Å². The summed E-state index contributed by atoms with van der Waals surface area (Å²) in [5.41, 5.74) is 3.62. The van der Waals surface area contributed by atoms with Gasteiger partial charge in [-0.2, -0.15) is 0 Å². The van der Waals surface area contributed by atoms with Gasteiger partial charge in [0.2, 0.25) is 0 Å². The Morgan fingerprint density at radius 2 is 2.00 bits per heavy atom. The Labute approximate surface area is 184 Å². The third-order valence-electron chi connectivity index (χ3n) is 7.07. The van der Waals surface area contributed by atoms with Crippen molar-refractivity contribution in [3.05, 3.63) is 52.6 Å². The summed E-state index contributed by atoms with van der Waals surface area (Å²) in [6.45, 7) is 6.61. The fraction of sp³-hybridized carbons (Fsp3) is 0.560. The number of piperidine rings is 1. The number of ether oxygens (including phenoxy) is 2. The van der Waals surface area contributed by atoms with Gasteiger partial charge in [0, 0.05) is 18.8 Å². The van der Waals surface area contributed by atoms with Gasteiger partial charge in [0.15, 0.2) is 0 Å². The van der Waals surface area contributed by atoms with E-state index in [-0.39, 0.29) is 11.5 Å². The lowest BCUT2D eigenvalue weighted by molar-refractivity contribution is -0.0936. The first-order chi connectivity index (χ1) is 15.0. The molecule has 1 saturated heterocycles. The summed E-state index contributed by atoms with van der Waals surface area (Å²) < 4.78 is 12.4. The smallest absolute Gasteiger partial charge is 0.272 e. The van der Waals surface area contributed by atoms with Crippen LogP contribution in [0, 0.1) is 19.8 Å². The van der Waals surface area contributed by atoms with Crippen molar-refractivity contribution < 1.29 is 14.3 Å². The molecule has 0 unspecified atom stereocenters. The van der Waals surface area contributed by atoms with E-state index in [0.717, 1.165) is 49.8 Å². The predicted octanol–water partition coefficient (Wildman–Crippen LogP) is 3.98. The van der Waals surface area contributed by atoms with E-state index < -0.39 is 0 Å². The molecule has 3 aliphatic rings. The Hall–Kier alpha value is -2.47. The average Bonchev–Trinajstić information content (AvgIpc) is 2.72. The van der Waals surface area contributed by atoms with Crippen LogP contribution in [0.2, 0.25) is 0 Å². The number of amides is 1. The fourth-order valence-electron chi connectivity index (χ4n) is 5.09. The van der Waals surface area contributed by atoms with E-state index in [9.17, 15) is 4.79 Å². The van der Waals surface area contributed by atoms with Crippen molar-refractivity contribution in [3.8, 4) is 5.75 Å². The summed E-state index contributed by atoms with van der Waals surface area (Å²) >= 11 is 0. The molecule has 1 amide bonds. The minimum atomic E-state index is -0.297. The molecular formula is C25H31N3O3. The van der Waals surface area contributed by atoms with Gasteiger partial charge in [-0.15, -0.1) is 0 Å². The van der Waals surface area contributed by atoms with Gasteiger partial charge in [0.25, 0.3) is 5.91 Å². The van der Waals surface area contributed by atoms with Gasteiger partial charge in [-0.3, -0.25) is 4.79 Å². The Morgan fingerprint density at radius 3 is 2.71 bits per heavy atom. The van der Waals surface area contributed by atoms with Crippen molar-refractivity contribution in [2.45, 2.75) is 58.0 Å². The van der Waals surface area contributed by atoms with Crippen molar-refractivity contribution in [2.24, 2.45) is 5.92 Å². The summed E-state index contributed by atoms with van der Waals surface area (Å²) in [6, 6.07) is 8.27. The molecular weight excluding hydrogens is 390 g/mol. The summed E-state index contributed by atoms with van der Waals surface area (Å²) in [6.07, 6.45) is 6.46. The maximum atomic E-state index is 13.0. The molecule has 1 spiro atoms. The maximum absolute atomic E-state index is 13.0. The molecule has 0 radical (unpaired) electrons. The highest BCUT2D eigenvalue weighted by atomic mass is 16.5. The first kappa shape index (κ1) is 20.4. The van der Waals surface area contributed by atoms with E-state index >= 15 is 0 Å². The lowest BCUT2D eigenvalue weighted by atomic mass is 9.79. The molecule has 31 heavy (non-hydrogen) atoms. The molecule has 1 aromatic carbocycles. The zero-order chi connectivity index (χ0) is 21.4. The number of carbonyl (C=O) groups is 1. The van der Waals surface area contributed by atoms with Gasteiger partial charge in [-0.1, -0.05) is 12.5 Å². The first-order valence-corrected chi connectivity index (χ1v) is 11.5. The van der Waals surface area contributed by atoms with E-state index in [1.165, 1.54) is 30.4 Å². The van der Waals surface area contributed by atoms with Crippen LogP contribution in [0.25, 0.3) is 0 Å². The fourth-order valence-corrected chi connectivity index (χ4v) is 5.09. The molecule has 164 valence electrons. The highest BCUT2D eigenvalue weighted by Gasteiger charge is 2.42. The highest BCUT2D eigenvalue weighted by molar-refractivity contribution is 5.92. The second-order valence-electron chi connectivity index (χ2n) is 9.25. The lowest BCUT2D eigenvalue weighted by Gasteiger charge is -2.45. The van der Waals surface area contributed by atoms with E-state index in [4.69, 9.17) is 9.47 Å². The number of hydrogen-bond donors (Lipinski definition) is 0. The summed E-state index contributed by atoms with van der Waals surface area (Å²) in [5, 5.41) is 0. The van der Waals surface area contributed by atoms with Crippen molar-refractivity contribution in [1.82, 2.24) is 14.9 Å². The molecule has 1 aromatic heterocycles. The minimum absolute atomic E-state index is 0.0146. The molecule has 0 atom stereocenters. The Morgan fingerprint density at radius 1 is 1.19 bits per heavy atom. The molecule has 5 rings (SSSR count). The molecule has 1 saturated carbocycles. The van der Waals surface area contributed by atoms with Crippen LogP contribution in [0.1, 0.15) is 65.2 Å². The zero-order valence-electron chi connectivity index (χ0n) is 18.5. The number of hydrogen-bond acceptors (Lipinski definition) is 5. The number of rotatable bonds is 4. The normalized spacial score (nSPS) is 20.3. The SMILES string of the molecule is Cc1cc(C(=O)N2CCC3(CC2)OCCc2cc(OCC4CCC4)ccc23)nc(C)n1. The summed E-state index contributed by atoms with van der Waals surface area (Å²) in [7, 11) is 0. The van der Waals surface area contributed by atoms with E-state index in [0.29, 0.717) is 24.6 Å². The monoisotopic (exact) mass is 421 g/mol. The quantitative estimate of drug-likeness (QED) is 0.747. The van der Waals surface area contributed by atoms with Crippen LogP contribution in [0.3, 0.4) is 0 Å². The molecule has 3 heterocycles. The van der Waals surface area contributed by atoms with Crippen molar-refractivity contribution >= 4 is 5.91 Å². The molecule has 0 bridgehead atoms. The second-order valence-corrected chi connectivity index (χ2v) is 9.25. The number of likely N-dealkylation sites (tertiary alicyclic amines) is 1. The number of fused-ring (bicyclic) bond motifs is 2. The molecule has 0 N–H and O–H groups in total. The Balaban J connectivity index is 1.28. The number of carbonyl (C=O) groups excluding carboxylic acids is 1. The average molecular weight is 422 g/mol. The van der Waals surface area contributed by atoms with Gasteiger partial charge in [0.05, 0.1) is 18.8 Å². The number of nitrogens with zero attached hydrogens (tertiary/aromatic N) is 3. The molecule has 6 nitrogen and oxygen atoms in total. The minimum Gasteiger partial charge on any atom is -0.493 e. The van der Waals surface area contributed by atoms with Gasteiger partial charge in [-0.05, 0) is 81.2 Å². The van der Waals surface area contributed by atoms with Gasteiger partial charge < -0.3 is 14.4 Å². The first-order valence-electron chi connectivity index (χ1n) is 11.5. The molecule has 2 fully saturated rings. The standard InChI is InChI=1S/C25H31N3O3/c1-17-14-23(27-18(2)26-17)24(29)28-11-9-25(10-12-28)22-7-6-21(15-20(22)8-13-31-25)30-16-19-4-3-5-19/h6-7,14-15,19H,3-5,8-13,16H2,1-2H3. The van der Waals surface area contributed by atoms with Crippen LogP contribution >= 0.6 is 0 Å². The van der Waals surface area contributed by atoms with E-state index in [2.05, 4.69) is 28.2 Å². The van der Waals surface area contributed by atoms with Gasteiger partial charge in [-0.25, -0.2) is 9.97 Å². The Bertz CT molecular complexity index is 958. The van der Waals surface area contributed by atoms with Crippen molar-refractivity contribution in [3.63, 3.8) is 0 Å². The zero-order valence-corrected chi connectivity index (χ0v) is 18.5. The third kappa shape index (κ3) is 4.05. The molecule has 2 aliphatic heterocycles. The van der Waals surface area contributed by atoms with Crippen LogP contribution in [-0.2, 0) is 16.8 Å². The van der Waals surface area contributed by atoms with Crippen LogP contribution in [0.5, 0.6) is 5.75 Å². The highest BCUT2D eigenvalue weighted by Crippen LogP contribution is 2.42. The van der Waals surface area contributed by atoms with Gasteiger partial charge in [0.1, 0.15) is 17.3 Å². The second kappa shape index (κ2) is 8.23. The predicted molar refractivity (Wildman–Crippen MR) is 117 cm³/mol. The number of benzene rings is 1. The summed E-state index contributed by atoms with van der Waals surface area (Å²) in [5.74, 6) is 2.33.